The number of hydrogen-bond donors (Lipinski definition) is 2. The van der Waals surface area contributed by atoms with Crippen LogP contribution in [0.4, 0.5) is 5.82 Å². The number of H-pyrrole nitrogens is 1. The number of aromatic amines is 1. The van der Waals surface area contributed by atoms with Crippen LogP contribution >= 0.6 is 0 Å². The van der Waals surface area contributed by atoms with Crippen LogP contribution in [-0.2, 0) is 24.7 Å². The molecule has 26 heavy (non-hydrogen) atoms. The molecule has 1 atom stereocenters. The summed E-state index contributed by atoms with van der Waals surface area (Å²) in [4.78, 5) is 12.6. The molecule has 1 saturated carbocycles. The van der Waals surface area contributed by atoms with E-state index in [0.717, 1.165) is 35.0 Å². The second-order valence-electron chi connectivity index (χ2n) is 7.85. The van der Waals surface area contributed by atoms with Crippen LogP contribution in [0.5, 0.6) is 0 Å². The molecule has 0 spiro atoms. The zero-order valence-electron chi connectivity index (χ0n) is 16.4. The molecule has 0 aromatic carbocycles. The molecule has 0 radical (unpaired) electrons. The number of nitrogens with zero attached hydrogens (tertiary/aromatic N) is 3. The number of rotatable bonds is 6. The molecule has 0 aliphatic heterocycles. The fraction of sp³-hybridized carbons (Fsp3) is 0.650. The number of hydrogen-bond acceptors (Lipinski definition) is 3. The van der Waals surface area contributed by atoms with Gasteiger partial charge in [0.2, 0.25) is 5.91 Å². The van der Waals surface area contributed by atoms with Crippen LogP contribution < -0.4 is 5.32 Å². The number of aromatic nitrogens is 4. The fourth-order valence-corrected chi connectivity index (χ4v) is 3.99. The molecule has 1 aliphatic rings. The van der Waals surface area contributed by atoms with Crippen molar-refractivity contribution in [3.8, 4) is 0 Å². The van der Waals surface area contributed by atoms with E-state index in [1.807, 2.05) is 38.6 Å². The second-order valence-corrected chi connectivity index (χ2v) is 7.85. The zero-order valence-corrected chi connectivity index (χ0v) is 16.4. The van der Waals surface area contributed by atoms with Gasteiger partial charge < -0.3 is 5.32 Å². The number of carbonyl (C=O) groups is 1. The van der Waals surface area contributed by atoms with E-state index < -0.39 is 0 Å². The first-order valence-electron chi connectivity index (χ1n) is 9.78. The molecule has 6 heteroatoms. The van der Waals surface area contributed by atoms with Crippen molar-refractivity contribution in [3.63, 3.8) is 0 Å². The van der Waals surface area contributed by atoms with E-state index in [4.69, 9.17) is 0 Å². The Morgan fingerprint density at radius 2 is 2.08 bits per heavy atom. The van der Waals surface area contributed by atoms with Gasteiger partial charge in [0.15, 0.2) is 5.82 Å². The van der Waals surface area contributed by atoms with E-state index in [1.165, 1.54) is 32.1 Å². The maximum Gasteiger partial charge on any atom is 0.228 e. The van der Waals surface area contributed by atoms with E-state index in [2.05, 4.69) is 20.6 Å². The topological polar surface area (TPSA) is 75.6 Å². The lowest BCUT2D eigenvalue weighted by Gasteiger charge is -2.20. The molecule has 2 heterocycles. The third-order valence-corrected chi connectivity index (χ3v) is 5.73. The molecular weight excluding hydrogens is 326 g/mol. The summed E-state index contributed by atoms with van der Waals surface area (Å²) in [6, 6.07) is 1.99. The summed E-state index contributed by atoms with van der Waals surface area (Å²) < 4.78 is 1.88. The Balaban J connectivity index is 1.55. The van der Waals surface area contributed by atoms with Crippen LogP contribution in [0, 0.1) is 25.7 Å². The lowest BCUT2D eigenvalue weighted by Crippen LogP contribution is -2.22. The number of aryl methyl sites for hydroxylation is 2. The molecule has 1 aliphatic carbocycles. The van der Waals surface area contributed by atoms with Gasteiger partial charge in [-0.25, -0.2) is 0 Å². The Labute approximate surface area is 155 Å². The summed E-state index contributed by atoms with van der Waals surface area (Å²) in [7, 11) is 1.94. The van der Waals surface area contributed by atoms with Crippen LogP contribution in [0.3, 0.4) is 0 Å². The number of nitrogens with one attached hydrogen (secondary N) is 2. The highest BCUT2D eigenvalue weighted by Gasteiger charge is 2.20. The van der Waals surface area contributed by atoms with Crippen molar-refractivity contribution >= 4 is 11.7 Å². The SMILES string of the molecule is Cc1nn(C)c(C)c1CC(C)C(=O)Nc1cc(CC2CCCCC2)[nH]n1. The van der Waals surface area contributed by atoms with Gasteiger partial charge in [-0.3, -0.25) is 14.6 Å². The highest BCUT2D eigenvalue weighted by molar-refractivity contribution is 5.91. The first kappa shape index (κ1) is 18.7. The first-order chi connectivity index (χ1) is 12.4. The van der Waals surface area contributed by atoms with Crippen molar-refractivity contribution < 1.29 is 4.79 Å². The highest BCUT2D eigenvalue weighted by Crippen LogP contribution is 2.27. The monoisotopic (exact) mass is 357 g/mol. The molecule has 1 amide bonds. The van der Waals surface area contributed by atoms with Crippen LogP contribution in [0.2, 0.25) is 0 Å². The fourth-order valence-electron chi connectivity index (χ4n) is 3.99. The summed E-state index contributed by atoms with van der Waals surface area (Å²) >= 11 is 0. The lowest BCUT2D eigenvalue weighted by molar-refractivity contribution is -0.119. The van der Waals surface area contributed by atoms with Crippen LogP contribution in [-0.4, -0.2) is 25.9 Å². The van der Waals surface area contributed by atoms with Gasteiger partial charge in [0, 0.05) is 30.4 Å². The van der Waals surface area contributed by atoms with Crippen molar-refractivity contribution in [2.75, 3.05) is 5.32 Å². The molecule has 3 rings (SSSR count). The van der Waals surface area contributed by atoms with Crippen molar-refractivity contribution in [1.29, 1.82) is 0 Å². The van der Waals surface area contributed by atoms with Gasteiger partial charge in [-0.15, -0.1) is 0 Å². The quantitative estimate of drug-likeness (QED) is 0.828. The minimum Gasteiger partial charge on any atom is -0.309 e. The van der Waals surface area contributed by atoms with E-state index in [-0.39, 0.29) is 11.8 Å². The predicted octanol–water partition coefficient (Wildman–Crippen LogP) is 3.70. The first-order valence-corrected chi connectivity index (χ1v) is 9.78. The van der Waals surface area contributed by atoms with Gasteiger partial charge in [-0.2, -0.15) is 10.2 Å². The standard InChI is InChI=1S/C20H31N5O/c1-13(10-18-14(2)24-25(4)15(18)3)20(26)21-19-12-17(22-23-19)11-16-8-6-5-7-9-16/h12-13,16H,5-11H2,1-4H3,(H2,21,22,23,26). The number of amides is 1. The Morgan fingerprint density at radius 3 is 2.73 bits per heavy atom. The smallest absolute Gasteiger partial charge is 0.228 e. The largest absolute Gasteiger partial charge is 0.309 e. The van der Waals surface area contributed by atoms with Gasteiger partial charge in [0.25, 0.3) is 0 Å². The zero-order chi connectivity index (χ0) is 18.7. The summed E-state index contributed by atoms with van der Waals surface area (Å²) in [6.07, 6.45) is 8.39. The highest BCUT2D eigenvalue weighted by atomic mass is 16.1. The Morgan fingerprint density at radius 1 is 1.35 bits per heavy atom. The average molecular weight is 358 g/mol. The van der Waals surface area contributed by atoms with E-state index >= 15 is 0 Å². The minimum atomic E-state index is -0.130. The van der Waals surface area contributed by atoms with Crippen molar-refractivity contribution in [2.24, 2.45) is 18.9 Å². The Kier molecular flexibility index (Phi) is 5.79. The van der Waals surface area contributed by atoms with E-state index in [0.29, 0.717) is 12.2 Å². The Bertz CT molecular complexity index is 754. The molecule has 0 bridgehead atoms. The molecule has 142 valence electrons. The molecule has 6 nitrogen and oxygen atoms in total. The summed E-state index contributed by atoms with van der Waals surface area (Å²) in [6.45, 7) is 6.00. The second kappa shape index (κ2) is 8.06. The lowest BCUT2D eigenvalue weighted by atomic mass is 9.86. The summed E-state index contributed by atoms with van der Waals surface area (Å²) in [5, 5.41) is 14.8. The summed E-state index contributed by atoms with van der Waals surface area (Å²) in [5.74, 6) is 1.26. The maximum absolute atomic E-state index is 12.6. The van der Waals surface area contributed by atoms with Crippen LogP contribution in [0.25, 0.3) is 0 Å². The van der Waals surface area contributed by atoms with Gasteiger partial charge in [-0.05, 0) is 38.2 Å². The molecular formula is C20H31N5O. The molecule has 2 aromatic rings. The predicted molar refractivity (Wildman–Crippen MR) is 103 cm³/mol. The Hall–Kier alpha value is -2.11. The van der Waals surface area contributed by atoms with E-state index in [9.17, 15) is 4.79 Å². The number of carbonyl (C=O) groups excluding carboxylic acids is 1. The summed E-state index contributed by atoms with van der Waals surface area (Å²) in [5.41, 5.74) is 4.41. The number of anilines is 1. The van der Waals surface area contributed by atoms with Crippen molar-refractivity contribution in [3.05, 3.63) is 28.7 Å². The van der Waals surface area contributed by atoms with Crippen molar-refractivity contribution in [1.82, 2.24) is 20.0 Å². The average Bonchev–Trinajstić information content (AvgIpc) is 3.15. The molecule has 1 fully saturated rings. The van der Waals surface area contributed by atoms with Gasteiger partial charge in [-0.1, -0.05) is 39.0 Å². The normalized spacial score (nSPS) is 16.6. The molecule has 0 saturated heterocycles. The molecule has 2 aromatic heterocycles. The van der Waals surface area contributed by atoms with E-state index in [1.54, 1.807) is 0 Å². The van der Waals surface area contributed by atoms with Crippen LogP contribution in [0.15, 0.2) is 6.07 Å². The third-order valence-electron chi connectivity index (χ3n) is 5.73. The molecule has 2 N–H and O–H groups in total. The van der Waals surface area contributed by atoms with Crippen molar-refractivity contribution in [2.45, 2.75) is 65.7 Å². The third kappa shape index (κ3) is 4.34. The van der Waals surface area contributed by atoms with Crippen LogP contribution in [0.1, 0.15) is 61.7 Å². The minimum absolute atomic E-state index is 0.00312. The molecule has 1 unspecified atom stereocenters. The van der Waals surface area contributed by atoms with Gasteiger partial charge in [0.05, 0.1) is 5.69 Å². The van der Waals surface area contributed by atoms with Gasteiger partial charge in [0.1, 0.15) is 0 Å². The van der Waals surface area contributed by atoms with Gasteiger partial charge >= 0.3 is 0 Å². The maximum atomic E-state index is 12.6.